The van der Waals surface area contributed by atoms with Crippen molar-refractivity contribution in [3.63, 3.8) is 0 Å². The molecule has 1 aliphatic carbocycles. The zero-order chi connectivity index (χ0) is 13.5. The zero-order valence-electron chi connectivity index (χ0n) is 11.5. The quantitative estimate of drug-likeness (QED) is 0.876. The predicted octanol–water partition coefficient (Wildman–Crippen LogP) is 3.57. The van der Waals surface area contributed by atoms with E-state index in [1.165, 1.54) is 30.6 Å². The van der Waals surface area contributed by atoms with Crippen molar-refractivity contribution < 1.29 is 0 Å². The van der Waals surface area contributed by atoms with Crippen LogP contribution in [0.1, 0.15) is 37.5 Å². The summed E-state index contributed by atoms with van der Waals surface area (Å²) >= 11 is 1.67. The first-order valence-corrected chi connectivity index (χ1v) is 7.71. The molecule has 1 saturated carbocycles. The number of fused-ring (bicyclic) bond motifs is 1. The molecule has 0 bridgehead atoms. The highest BCUT2D eigenvalue weighted by atomic mass is 32.1. The van der Waals surface area contributed by atoms with E-state index in [2.05, 4.69) is 35.2 Å². The molecular formula is C14H20N4S. The number of hydrogen-bond acceptors (Lipinski definition) is 5. The standard InChI is InChI=1S/C14H20N4S/c1-3-4-14(5-6-14)8-16-11-10-7-9(2)19-12(10)18-13(15)17-11/h7H,3-6,8H2,1-2H3,(H3,15,16,17,18). The minimum absolute atomic E-state index is 0.359. The highest BCUT2D eigenvalue weighted by Crippen LogP contribution is 2.49. The van der Waals surface area contributed by atoms with Gasteiger partial charge in [-0.25, -0.2) is 4.98 Å². The number of hydrogen-bond donors (Lipinski definition) is 2. The average Bonchev–Trinajstić information content (AvgIpc) is 3.01. The molecule has 1 fully saturated rings. The van der Waals surface area contributed by atoms with E-state index in [9.17, 15) is 0 Å². The summed E-state index contributed by atoms with van der Waals surface area (Å²) in [6, 6.07) is 2.14. The lowest BCUT2D eigenvalue weighted by atomic mass is 10.0. The molecule has 0 unspecified atom stereocenters. The van der Waals surface area contributed by atoms with Crippen molar-refractivity contribution >= 4 is 33.3 Å². The predicted molar refractivity (Wildman–Crippen MR) is 81.6 cm³/mol. The topological polar surface area (TPSA) is 63.8 Å². The summed E-state index contributed by atoms with van der Waals surface area (Å²) in [7, 11) is 0. The van der Waals surface area contributed by atoms with Gasteiger partial charge in [0, 0.05) is 11.4 Å². The van der Waals surface area contributed by atoms with Crippen LogP contribution in [0, 0.1) is 12.3 Å². The molecular weight excluding hydrogens is 256 g/mol. The number of aromatic nitrogens is 2. The molecule has 0 saturated heterocycles. The Morgan fingerprint density at radius 1 is 1.42 bits per heavy atom. The van der Waals surface area contributed by atoms with Gasteiger partial charge in [0.05, 0.1) is 5.39 Å². The maximum atomic E-state index is 5.79. The molecule has 2 aromatic heterocycles. The minimum atomic E-state index is 0.359. The van der Waals surface area contributed by atoms with E-state index < -0.39 is 0 Å². The van der Waals surface area contributed by atoms with Crippen LogP contribution < -0.4 is 11.1 Å². The van der Waals surface area contributed by atoms with Gasteiger partial charge in [0.2, 0.25) is 5.95 Å². The fourth-order valence-electron chi connectivity index (χ4n) is 2.69. The molecule has 2 heterocycles. The van der Waals surface area contributed by atoms with Crippen LogP contribution in [-0.4, -0.2) is 16.5 Å². The van der Waals surface area contributed by atoms with Crippen LogP contribution in [0.2, 0.25) is 0 Å². The first kappa shape index (κ1) is 12.7. The molecule has 3 rings (SSSR count). The second-order valence-corrected chi connectivity index (χ2v) is 6.84. The van der Waals surface area contributed by atoms with Crippen LogP contribution in [-0.2, 0) is 0 Å². The Bertz CT molecular complexity index is 601. The van der Waals surface area contributed by atoms with Gasteiger partial charge in [-0.05, 0) is 37.7 Å². The van der Waals surface area contributed by atoms with E-state index in [0.29, 0.717) is 11.4 Å². The van der Waals surface area contributed by atoms with Crippen molar-refractivity contribution in [1.82, 2.24) is 9.97 Å². The van der Waals surface area contributed by atoms with E-state index in [1.807, 2.05) is 0 Å². The summed E-state index contributed by atoms with van der Waals surface area (Å²) in [4.78, 5) is 10.9. The maximum absolute atomic E-state index is 5.79. The molecule has 0 aliphatic heterocycles. The molecule has 3 N–H and O–H groups in total. The summed E-state index contributed by atoms with van der Waals surface area (Å²) in [5.74, 6) is 1.26. The summed E-state index contributed by atoms with van der Waals surface area (Å²) in [6.07, 6.45) is 5.22. The minimum Gasteiger partial charge on any atom is -0.369 e. The number of nitrogens with two attached hydrogens (primary N) is 1. The fraction of sp³-hybridized carbons (Fsp3) is 0.571. The Balaban J connectivity index is 1.84. The normalized spacial score (nSPS) is 16.7. The van der Waals surface area contributed by atoms with Gasteiger partial charge in [-0.1, -0.05) is 13.3 Å². The number of nitrogens with zero attached hydrogens (tertiary/aromatic N) is 2. The van der Waals surface area contributed by atoms with Crippen LogP contribution in [0.25, 0.3) is 10.2 Å². The van der Waals surface area contributed by atoms with Gasteiger partial charge < -0.3 is 11.1 Å². The number of rotatable bonds is 5. The van der Waals surface area contributed by atoms with Crippen molar-refractivity contribution in [2.45, 2.75) is 39.5 Å². The van der Waals surface area contributed by atoms with Gasteiger partial charge in [0.1, 0.15) is 10.6 Å². The Kier molecular flexibility index (Phi) is 3.09. The average molecular weight is 276 g/mol. The van der Waals surface area contributed by atoms with Gasteiger partial charge >= 0.3 is 0 Å². The van der Waals surface area contributed by atoms with Crippen molar-refractivity contribution in [1.29, 1.82) is 0 Å². The van der Waals surface area contributed by atoms with Crippen molar-refractivity contribution in [2.75, 3.05) is 17.6 Å². The molecule has 0 amide bonds. The van der Waals surface area contributed by atoms with Gasteiger partial charge in [0.15, 0.2) is 0 Å². The number of aryl methyl sites for hydroxylation is 1. The second-order valence-electron chi connectivity index (χ2n) is 5.61. The highest BCUT2D eigenvalue weighted by Gasteiger charge is 2.41. The van der Waals surface area contributed by atoms with Crippen LogP contribution in [0.5, 0.6) is 0 Å². The lowest BCUT2D eigenvalue weighted by Crippen LogP contribution is -2.16. The van der Waals surface area contributed by atoms with Crippen LogP contribution in [0.4, 0.5) is 11.8 Å². The molecule has 5 heteroatoms. The monoisotopic (exact) mass is 276 g/mol. The third kappa shape index (κ3) is 2.52. The molecule has 0 aromatic carbocycles. The molecule has 2 aromatic rings. The Morgan fingerprint density at radius 2 is 2.21 bits per heavy atom. The summed E-state index contributed by atoms with van der Waals surface area (Å²) in [6.45, 7) is 5.34. The lowest BCUT2D eigenvalue weighted by Gasteiger charge is -2.15. The van der Waals surface area contributed by atoms with Crippen LogP contribution in [0.15, 0.2) is 6.07 Å². The molecule has 0 atom stereocenters. The van der Waals surface area contributed by atoms with Gasteiger partial charge in [-0.2, -0.15) is 4.98 Å². The van der Waals surface area contributed by atoms with E-state index >= 15 is 0 Å². The SMILES string of the molecule is CCCC1(CNc2nc(N)nc3sc(C)cc23)CC1. The van der Waals surface area contributed by atoms with Gasteiger partial charge in [-0.15, -0.1) is 11.3 Å². The maximum Gasteiger partial charge on any atom is 0.223 e. The van der Waals surface area contributed by atoms with Crippen molar-refractivity contribution in [2.24, 2.45) is 5.41 Å². The Morgan fingerprint density at radius 3 is 2.89 bits per heavy atom. The summed E-state index contributed by atoms with van der Waals surface area (Å²) in [5, 5.41) is 4.61. The fourth-order valence-corrected chi connectivity index (χ4v) is 3.57. The first-order chi connectivity index (χ1) is 9.12. The molecule has 19 heavy (non-hydrogen) atoms. The van der Waals surface area contributed by atoms with Crippen molar-refractivity contribution in [3.05, 3.63) is 10.9 Å². The number of anilines is 2. The molecule has 0 radical (unpaired) electrons. The summed E-state index contributed by atoms with van der Waals surface area (Å²) < 4.78 is 0. The number of nitrogen functional groups attached to an aromatic ring is 1. The third-order valence-corrected chi connectivity index (χ3v) is 4.85. The smallest absolute Gasteiger partial charge is 0.223 e. The molecule has 102 valence electrons. The molecule has 0 spiro atoms. The molecule has 4 nitrogen and oxygen atoms in total. The zero-order valence-corrected chi connectivity index (χ0v) is 12.3. The Labute approximate surface area is 117 Å². The van der Waals surface area contributed by atoms with E-state index in [4.69, 9.17) is 5.73 Å². The van der Waals surface area contributed by atoms with Crippen LogP contribution >= 0.6 is 11.3 Å². The summed E-state index contributed by atoms with van der Waals surface area (Å²) in [5.41, 5.74) is 6.30. The van der Waals surface area contributed by atoms with Crippen LogP contribution in [0.3, 0.4) is 0 Å². The van der Waals surface area contributed by atoms with Gasteiger partial charge in [-0.3, -0.25) is 0 Å². The van der Waals surface area contributed by atoms with Gasteiger partial charge in [0.25, 0.3) is 0 Å². The Hall–Kier alpha value is -1.36. The van der Waals surface area contributed by atoms with E-state index in [-0.39, 0.29) is 0 Å². The number of thiophene rings is 1. The molecule has 1 aliphatic rings. The third-order valence-electron chi connectivity index (χ3n) is 3.90. The van der Waals surface area contributed by atoms with Crippen molar-refractivity contribution in [3.8, 4) is 0 Å². The van der Waals surface area contributed by atoms with E-state index in [1.54, 1.807) is 11.3 Å². The first-order valence-electron chi connectivity index (χ1n) is 6.89. The van der Waals surface area contributed by atoms with E-state index in [0.717, 1.165) is 22.6 Å². The highest BCUT2D eigenvalue weighted by molar-refractivity contribution is 7.18. The lowest BCUT2D eigenvalue weighted by molar-refractivity contribution is 0.485. The number of nitrogens with one attached hydrogen (secondary N) is 1. The second kappa shape index (κ2) is 4.63. The largest absolute Gasteiger partial charge is 0.369 e.